The van der Waals surface area contributed by atoms with E-state index in [1.807, 2.05) is 0 Å². The van der Waals surface area contributed by atoms with Crippen molar-refractivity contribution in [2.45, 2.75) is 12.8 Å². The number of nitrogens with one attached hydrogen (secondary N) is 1. The van der Waals surface area contributed by atoms with E-state index in [1.165, 1.54) is 12.1 Å². The van der Waals surface area contributed by atoms with E-state index in [1.54, 1.807) is 24.3 Å². The second-order valence-corrected chi connectivity index (χ2v) is 5.39. The van der Waals surface area contributed by atoms with Crippen LogP contribution in [-0.4, -0.2) is 23.3 Å². The van der Waals surface area contributed by atoms with Gasteiger partial charge in [0.05, 0.1) is 5.56 Å². The molecule has 0 unspecified atom stereocenters. The number of Topliss-reactive ketones (excluding diaryl/α,β-unsaturated/α-hetero) is 1. The van der Waals surface area contributed by atoms with Crippen LogP contribution in [0.4, 0.5) is 4.39 Å². The third-order valence-electron chi connectivity index (χ3n) is 3.23. The number of hydrogen-bond donors (Lipinski definition) is 2. The number of carbonyl (C=O) groups is 2. The molecule has 2 aromatic carbocycles. The Morgan fingerprint density at radius 2 is 1.83 bits per heavy atom. The molecule has 0 aliphatic carbocycles. The maximum Gasteiger partial charge on any atom is 0.251 e. The first-order valence-corrected chi connectivity index (χ1v) is 7.40. The van der Waals surface area contributed by atoms with Gasteiger partial charge < -0.3 is 10.4 Å². The maximum absolute atomic E-state index is 13.5. The molecule has 2 aromatic rings. The number of aromatic hydroxyl groups is 1. The molecule has 0 fully saturated rings. The first kappa shape index (κ1) is 17.0. The van der Waals surface area contributed by atoms with Crippen molar-refractivity contribution in [2.24, 2.45) is 0 Å². The molecule has 120 valence electrons. The molecule has 0 atom stereocenters. The molecule has 2 N–H and O–H groups in total. The molecular weight excluding hydrogens is 321 g/mol. The standard InChI is InChI=1S/C17H15ClFNO3/c18-12-5-3-11(4-6-12)17(23)20-9-1-2-16(22)14-8-7-13(21)10-15(14)19/h3-8,10,21H,1-2,9H2,(H,20,23). The third-order valence-corrected chi connectivity index (χ3v) is 3.48. The van der Waals surface area contributed by atoms with Crippen molar-refractivity contribution in [1.29, 1.82) is 0 Å². The summed E-state index contributed by atoms with van der Waals surface area (Å²) in [5.41, 5.74) is 0.414. The third kappa shape index (κ3) is 4.79. The number of halogens is 2. The Labute approximate surface area is 137 Å². The fraction of sp³-hybridized carbons (Fsp3) is 0.176. The quantitative estimate of drug-likeness (QED) is 0.626. The van der Waals surface area contributed by atoms with E-state index in [0.29, 0.717) is 23.6 Å². The average Bonchev–Trinajstić information content (AvgIpc) is 2.51. The minimum absolute atomic E-state index is 0.0631. The van der Waals surface area contributed by atoms with Gasteiger partial charge >= 0.3 is 0 Å². The number of carbonyl (C=O) groups excluding carboxylic acids is 2. The number of phenols is 1. The largest absolute Gasteiger partial charge is 0.508 e. The summed E-state index contributed by atoms with van der Waals surface area (Å²) in [7, 11) is 0. The molecule has 23 heavy (non-hydrogen) atoms. The van der Waals surface area contributed by atoms with Crippen molar-refractivity contribution in [1.82, 2.24) is 5.32 Å². The van der Waals surface area contributed by atoms with Crippen LogP contribution < -0.4 is 5.32 Å². The van der Waals surface area contributed by atoms with Crippen LogP contribution in [-0.2, 0) is 0 Å². The highest BCUT2D eigenvalue weighted by Crippen LogP contribution is 2.17. The van der Waals surface area contributed by atoms with Crippen molar-refractivity contribution in [3.8, 4) is 5.75 Å². The summed E-state index contributed by atoms with van der Waals surface area (Å²) >= 11 is 5.74. The lowest BCUT2D eigenvalue weighted by atomic mass is 10.1. The van der Waals surface area contributed by atoms with Gasteiger partial charge in [-0.15, -0.1) is 0 Å². The van der Waals surface area contributed by atoms with Gasteiger partial charge in [0, 0.05) is 29.6 Å². The number of phenolic OH excluding ortho intramolecular Hbond substituents is 1. The van der Waals surface area contributed by atoms with Gasteiger partial charge in [0.2, 0.25) is 0 Å². The normalized spacial score (nSPS) is 10.3. The fourth-order valence-electron chi connectivity index (χ4n) is 2.02. The Morgan fingerprint density at radius 1 is 1.13 bits per heavy atom. The van der Waals surface area contributed by atoms with Gasteiger partial charge in [0.15, 0.2) is 5.78 Å². The molecule has 6 heteroatoms. The summed E-state index contributed by atoms with van der Waals surface area (Å²) in [4.78, 5) is 23.7. The van der Waals surface area contributed by atoms with Gasteiger partial charge in [-0.25, -0.2) is 4.39 Å². The number of benzene rings is 2. The monoisotopic (exact) mass is 335 g/mol. The average molecular weight is 336 g/mol. The molecule has 1 amide bonds. The highest BCUT2D eigenvalue weighted by Gasteiger charge is 2.12. The first-order valence-electron chi connectivity index (χ1n) is 7.03. The Morgan fingerprint density at radius 3 is 2.48 bits per heavy atom. The van der Waals surface area contributed by atoms with Crippen molar-refractivity contribution in [3.05, 3.63) is 64.4 Å². The maximum atomic E-state index is 13.5. The fourth-order valence-corrected chi connectivity index (χ4v) is 2.15. The van der Waals surface area contributed by atoms with E-state index < -0.39 is 5.82 Å². The van der Waals surface area contributed by atoms with Crippen molar-refractivity contribution in [3.63, 3.8) is 0 Å². The Bertz CT molecular complexity index is 716. The minimum Gasteiger partial charge on any atom is -0.508 e. The highest BCUT2D eigenvalue weighted by atomic mass is 35.5. The summed E-state index contributed by atoms with van der Waals surface area (Å²) < 4.78 is 13.5. The van der Waals surface area contributed by atoms with Crippen LogP contribution in [0, 0.1) is 5.82 Å². The molecule has 0 bridgehead atoms. The summed E-state index contributed by atoms with van der Waals surface area (Å²) in [5.74, 6) is -1.61. The van der Waals surface area contributed by atoms with E-state index in [0.717, 1.165) is 6.07 Å². The van der Waals surface area contributed by atoms with E-state index in [9.17, 15) is 14.0 Å². The van der Waals surface area contributed by atoms with Gasteiger partial charge in [-0.3, -0.25) is 9.59 Å². The lowest BCUT2D eigenvalue weighted by molar-refractivity contribution is 0.0936. The predicted molar refractivity (Wildman–Crippen MR) is 85.4 cm³/mol. The zero-order valence-corrected chi connectivity index (χ0v) is 12.9. The molecule has 0 aliphatic heterocycles. The highest BCUT2D eigenvalue weighted by molar-refractivity contribution is 6.30. The predicted octanol–water partition coefficient (Wildman–Crippen LogP) is 3.58. The number of ketones is 1. The van der Waals surface area contributed by atoms with Crippen molar-refractivity contribution < 1.29 is 19.1 Å². The minimum atomic E-state index is -0.750. The summed E-state index contributed by atoms with van der Waals surface area (Å²) in [6.07, 6.45) is 0.487. The number of amides is 1. The zero-order chi connectivity index (χ0) is 16.8. The van der Waals surface area contributed by atoms with Crippen LogP contribution in [0.15, 0.2) is 42.5 Å². The van der Waals surface area contributed by atoms with Gasteiger partial charge in [-0.2, -0.15) is 0 Å². The van der Waals surface area contributed by atoms with E-state index >= 15 is 0 Å². The molecule has 0 saturated heterocycles. The van der Waals surface area contributed by atoms with Gasteiger partial charge in [0.1, 0.15) is 11.6 Å². The van der Waals surface area contributed by atoms with Crippen molar-refractivity contribution >= 4 is 23.3 Å². The molecule has 2 rings (SSSR count). The summed E-state index contributed by atoms with van der Waals surface area (Å²) in [5, 5.41) is 12.3. The molecule has 0 aromatic heterocycles. The van der Waals surface area contributed by atoms with E-state index in [4.69, 9.17) is 16.7 Å². The lowest BCUT2D eigenvalue weighted by Gasteiger charge is -2.06. The molecular formula is C17H15ClFNO3. The summed E-state index contributed by atoms with van der Waals surface area (Å²) in [6, 6.07) is 9.86. The zero-order valence-electron chi connectivity index (χ0n) is 12.2. The second kappa shape index (κ2) is 7.74. The molecule has 4 nitrogen and oxygen atoms in total. The topological polar surface area (TPSA) is 66.4 Å². The van der Waals surface area contributed by atoms with Crippen molar-refractivity contribution in [2.75, 3.05) is 6.54 Å². The van der Waals surface area contributed by atoms with E-state index in [2.05, 4.69) is 5.32 Å². The molecule has 0 heterocycles. The van der Waals surface area contributed by atoms with Crippen LogP contribution in [0.2, 0.25) is 5.02 Å². The van der Waals surface area contributed by atoms with E-state index in [-0.39, 0.29) is 29.4 Å². The van der Waals surface area contributed by atoms with Gasteiger partial charge in [-0.05, 0) is 42.8 Å². The first-order chi connectivity index (χ1) is 11.0. The smallest absolute Gasteiger partial charge is 0.251 e. The Balaban J connectivity index is 1.79. The van der Waals surface area contributed by atoms with Crippen LogP contribution in [0.25, 0.3) is 0 Å². The van der Waals surface area contributed by atoms with Gasteiger partial charge in [-0.1, -0.05) is 11.6 Å². The van der Waals surface area contributed by atoms with Crippen LogP contribution >= 0.6 is 11.6 Å². The molecule has 0 radical (unpaired) electrons. The molecule has 0 aliphatic rings. The molecule has 0 saturated carbocycles. The van der Waals surface area contributed by atoms with Gasteiger partial charge in [0.25, 0.3) is 5.91 Å². The lowest BCUT2D eigenvalue weighted by Crippen LogP contribution is -2.24. The summed E-state index contributed by atoms with van der Waals surface area (Å²) in [6.45, 7) is 0.299. The van der Waals surface area contributed by atoms with Crippen LogP contribution in [0.3, 0.4) is 0 Å². The Kier molecular flexibility index (Phi) is 5.71. The molecule has 0 spiro atoms. The Hall–Kier alpha value is -2.40. The number of rotatable bonds is 6. The second-order valence-electron chi connectivity index (χ2n) is 4.95. The van der Waals surface area contributed by atoms with Crippen LogP contribution in [0.1, 0.15) is 33.6 Å². The number of hydrogen-bond acceptors (Lipinski definition) is 3. The SMILES string of the molecule is O=C(NCCCC(=O)c1ccc(O)cc1F)c1ccc(Cl)cc1. The van der Waals surface area contributed by atoms with Crippen LogP contribution in [0.5, 0.6) is 5.75 Å².